The molecule has 2 N–H and O–H groups in total. The summed E-state index contributed by atoms with van der Waals surface area (Å²) in [7, 11) is 0. The van der Waals surface area contributed by atoms with Crippen LogP contribution in [0.25, 0.3) is 0 Å². The molecule has 1 aliphatic rings. The van der Waals surface area contributed by atoms with Crippen LogP contribution in [0.2, 0.25) is 0 Å². The molecule has 1 rings (SSSR count). The molecule has 0 saturated heterocycles. The molecule has 1 fully saturated rings. The van der Waals surface area contributed by atoms with Crippen LogP contribution in [-0.2, 0) is 14.3 Å². The van der Waals surface area contributed by atoms with Gasteiger partial charge in [-0.25, -0.2) is 0 Å². The maximum Gasteiger partial charge on any atom is 0.308 e. The summed E-state index contributed by atoms with van der Waals surface area (Å²) in [6.07, 6.45) is 3.12. The molecule has 0 aromatic heterocycles. The van der Waals surface area contributed by atoms with Gasteiger partial charge in [-0.2, -0.15) is 0 Å². The van der Waals surface area contributed by atoms with Crippen molar-refractivity contribution in [1.82, 2.24) is 5.32 Å². The average Bonchev–Trinajstić information content (AvgIpc) is 2.66. The second-order valence-corrected chi connectivity index (χ2v) is 4.10. The second kappa shape index (κ2) is 6.48. The minimum absolute atomic E-state index is 0.0245. The predicted molar refractivity (Wildman–Crippen MR) is 58.0 cm³/mol. The van der Waals surface area contributed by atoms with Gasteiger partial charge in [0.25, 0.3) is 0 Å². The monoisotopic (exact) mass is 229 g/mol. The number of hydrogen-bond donors (Lipinski definition) is 2. The third-order valence-electron chi connectivity index (χ3n) is 2.76. The lowest BCUT2D eigenvalue weighted by Gasteiger charge is -2.17. The van der Waals surface area contributed by atoms with Gasteiger partial charge in [0, 0.05) is 12.6 Å². The van der Waals surface area contributed by atoms with Crippen molar-refractivity contribution in [3.63, 3.8) is 0 Å². The van der Waals surface area contributed by atoms with E-state index in [0.29, 0.717) is 13.0 Å². The first-order valence-corrected chi connectivity index (χ1v) is 5.75. The van der Waals surface area contributed by atoms with Crippen LogP contribution in [-0.4, -0.2) is 36.2 Å². The number of nitrogens with one attached hydrogen (secondary N) is 1. The lowest BCUT2D eigenvalue weighted by molar-refractivity contribution is -0.142. The topological polar surface area (TPSA) is 75.6 Å². The van der Waals surface area contributed by atoms with E-state index in [0.717, 1.165) is 19.3 Å². The van der Waals surface area contributed by atoms with Crippen LogP contribution in [0.1, 0.15) is 32.6 Å². The third kappa shape index (κ3) is 3.81. The fourth-order valence-corrected chi connectivity index (χ4v) is 1.99. The fraction of sp³-hybridized carbons (Fsp3) is 0.818. The first-order chi connectivity index (χ1) is 7.65. The summed E-state index contributed by atoms with van der Waals surface area (Å²) in [6, 6.07) is -0.227. The molecular formula is C11H19NO4. The highest BCUT2D eigenvalue weighted by atomic mass is 16.5. The van der Waals surface area contributed by atoms with Crippen molar-refractivity contribution in [2.45, 2.75) is 38.6 Å². The first kappa shape index (κ1) is 13.0. The number of ether oxygens (including phenoxy) is 1. The summed E-state index contributed by atoms with van der Waals surface area (Å²) in [4.78, 5) is 22.3. The van der Waals surface area contributed by atoms with E-state index in [1.54, 1.807) is 0 Å². The van der Waals surface area contributed by atoms with Gasteiger partial charge in [-0.3, -0.25) is 9.59 Å². The number of rotatable bonds is 6. The summed E-state index contributed by atoms with van der Waals surface area (Å²) < 4.78 is 5.09. The Hall–Kier alpha value is -1.10. The van der Waals surface area contributed by atoms with E-state index in [9.17, 15) is 9.59 Å². The summed E-state index contributed by atoms with van der Waals surface area (Å²) in [5.74, 6) is -1.47. The van der Waals surface area contributed by atoms with Gasteiger partial charge in [0.05, 0.1) is 5.92 Å². The van der Waals surface area contributed by atoms with Gasteiger partial charge < -0.3 is 15.2 Å². The van der Waals surface area contributed by atoms with Gasteiger partial charge in [0.15, 0.2) is 0 Å². The predicted octanol–water partition coefficient (Wildman–Crippen LogP) is 0.782. The van der Waals surface area contributed by atoms with Crippen molar-refractivity contribution >= 4 is 11.9 Å². The van der Waals surface area contributed by atoms with Gasteiger partial charge in [-0.15, -0.1) is 0 Å². The second-order valence-electron chi connectivity index (χ2n) is 4.10. The molecule has 16 heavy (non-hydrogen) atoms. The largest absolute Gasteiger partial charge is 0.481 e. The number of carbonyl (C=O) groups excluding carboxylic acids is 1. The van der Waals surface area contributed by atoms with E-state index in [2.05, 4.69) is 5.32 Å². The van der Waals surface area contributed by atoms with Crippen LogP contribution in [0.15, 0.2) is 0 Å². The Morgan fingerprint density at radius 3 is 2.81 bits per heavy atom. The molecule has 1 saturated carbocycles. The molecule has 5 nitrogen and oxygen atoms in total. The molecule has 2 atom stereocenters. The average molecular weight is 229 g/mol. The van der Waals surface area contributed by atoms with Gasteiger partial charge in [0.1, 0.15) is 6.61 Å². The standard InChI is InChI=1S/C11H19NO4/c1-2-6-16-7-10(13)12-9-5-3-4-8(9)11(14)15/h8-9H,2-7H2,1H3,(H,12,13)(H,14,15). The molecule has 1 aliphatic carbocycles. The highest BCUT2D eigenvalue weighted by Gasteiger charge is 2.33. The van der Waals surface area contributed by atoms with Crippen molar-refractivity contribution in [3.8, 4) is 0 Å². The summed E-state index contributed by atoms with van der Waals surface area (Å²) in [6.45, 7) is 2.55. The quantitative estimate of drug-likeness (QED) is 0.660. The Kier molecular flexibility index (Phi) is 5.25. The number of carboxylic acids is 1. The zero-order valence-electron chi connectivity index (χ0n) is 9.57. The molecule has 0 bridgehead atoms. The Morgan fingerprint density at radius 2 is 2.19 bits per heavy atom. The molecule has 5 heteroatoms. The lowest BCUT2D eigenvalue weighted by atomic mass is 10.0. The molecule has 0 spiro atoms. The van der Waals surface area contributed by atoms with Gasteiger partial charge in [0.2, 0.25) is 5.91 Å². The van der Waals surface area contributed by atoms with Crippen LogP contribution in [0, 0.1) is 5.92 Å². The van der Waals surface area contributed by atoms with Crippen molar-refractivity contribution in [2.75, 3.05) is 13.2 Å². The van der Waals surface area contributed by atoms with Crippen molar-refractivity contribution in [2.24, 2.45) is 5.92 Å². The zero-order chi connectivity index (χ0) is 12.0. The highest BCUT2D eigenvalue weighted by Crippen LogP contribution is 2.25. The van der Waals surface area contributed by atoms with E-state index in [1.807, 2.05) is 6.92 Å². The molecule has 2 unspecified atom stereocenters. The molecule has 0 heterocycles. The Labute approximate surface area is 95.2 Å². The van der Waals surface area contributed by atoms with E-state index >= 15 is 0 Å². The van der Waals surface area contributed by atoms with Crippen molar-refractivity contribution in [1.29, 1.82) is 0 Å². The first-order valence-electron chi connectivity index (χ1n) is 5.75. The van der Waals surface area contributed by atoms with Crippen LogP contribution in [0.3, 0.4) is 0 Å². The fourth-order valence-electron chi connectivity index (χ4n) is 1.99. The number of carboxylic acid groups (broad SMARTS) is 1. The van der Waals surface area contributed by atoms with E-state index < -0.39 is 11.9 Å². The summed E-state index contributed by atoms with van der Waals surface area (Å²) in [5, 5.41) is 11.7. The normalized spacial score (nSPS) is 24.3. The minimum Gasteiger partial charge on any atom is -0.481 e. The molecule has 0 aliphatic heterocycles. The van der Waals surface area contributed by atoms with Gasteiger partial charge in [-0.05, 0) is 19.3 Å². The van der Waals surface area contributed by atoms with Crippen LogP contribution in [0.5, 0.6) is 0 Å². The molecule has 0 aromatic rings. The maximum absolute atomic E-state index is 11.4. The molecule has 92 valence electrons. The van der Waals surface area contributed by atoms with Gasteiger partial charge >= 0.3 is 5.97 Å². The number of hydrogen-bond acceptors (Lipinski definition) is 3. The maximum atomic E-state index is 11.4. The minimum atomic E-state index is -0.822. The number of carbonyl (C=O) groups is 2. The van der Waals surface area contributed by atoms with Gasteiger partial charge in [-0.1, -0.05) is 13.3 Å². The summed E-state index contributed by atoms with van der Waals surface area (Å²) >= 11 is 0. The Balaban J connectivity index is 2.30. The number of amides is 1. The zero-order valence-corrected chi connectivity index (χ0v) is 9.57. The van der Waals surface area contributed by atoms with E-state index in [1.165, 1.54) is 0 Å². The Morgan fingerprint density at radius 1 is 1.44 bits per heavy atom. The van der Waals surface area contributed by atoms with Crippen LogP contribution < -0.4 is 5.32 Å². The molecule has 1 amide bonds. The van der Waals surface area contributed by atoms with Crippen LogP contribution >= 0.6 is 0 Å². The van der Waals surface area contributed by atoms with E-state index in [-0.39, 0.29) is 18.6 Å². The molecular weight excluding hydrogens is 210 g/mol. The molecule has 0 radical (unpaired) electrons. The highest BCUT2D eigenvalue weighted by molar-refractivity contribution is 5.79. The van der Waals surface area contributed by atoms with Crippen molar-refractivity contribution in [3.05, 3.63) is 0 Å². The number of aliphatic carboxylic acids is 1. The third-order valence-corrected chi connectivity index (χ3v) is 2.76. The Bertz CT molecular complexity index is 254. The van der Waals surface area contributed by atoms with E-state index in [4.69, 9.17) is 9.84 Å². The summed E-state index contributed by atoms with van der Waals surface area (Å²) in [5.41, 5.74) is 0. The SMILES string of the molecule is CCCOCC(=O)NC1CCCC1C(=O)O. The van der Waals surface area contributed by atoms with Crippen molar-refractivity contribution < 1.29 is 19.4 Å². The smallest absolute Gasteiger partial charge is 0.308 e. The van der Waals surface area contributed by atoms with Crippen LogP contribution in [0.4, 0.5) is 0 Å². The lowest BCUT2D eigenvalue weighted by Crippen LogP contribution is -2.41. The molecule has 0 aromatic carbocycles.